The van der Waals surface area contributed by atoms with E-state index in [9.17, 15) is 14.7 Å². The Labute approximate surface area is 133 Å². The van der Waals surface area contributed by atoms with Crippen molar-refractivity contribution in [3.05, 3.63) is 16.3 Å². The lowest BCUT2D eigenvalue weighted by molar-refractivity contribution is 0.0454. The van der Waals surface area contributed by atoms with Crippen LogP contribution in [0.4, 0.5) is 4.79 Å². The molecule has 8 heteroatoms. The summed E-state index contributed by atoms with van der Waals surface area (Å²) < 4.78 is 15.2. The Kier molecular flexibility index (Phi) is 6.63. The SMILES string of the molecule is COC(=O)c1sccc1OCC(CO)NC(=O)OC(C)(C)C. The number of nitrogens with one attached hydrogen (secondary N) is 1. The number of methoxy groups -OCH3 is 1. The van der Waals surface area contributed by atoms with Gasteiger partial charge >= 0.3 is 12.1 Å². The Balaban J connectivity index is 2.56. The van der Waals surface area contributed by atoms with Crippen molar-refractivity contribution in [3.63, 3.8) is 0 Å². The molecule has 22 heavy (non-hydrogen) atoms. The molecule has 0 aromatic carbocycles. The second-order valence-corrected chi connectivity index (χ2v) is 6.36. The summed E-state index contributed by atoms with van der Waals surface area (Å²) in [5.41, 5.74) is -0.629. The maximum Gasteiger partial charge on any atom is 0.408 e. The first-order valence-electron chi connectivity index (χ1n) is 6.65. The standard InChI is InChI=1S/C14H21NO6S/c1-14(2,3)21-13(18)15-9(7-16)8-20-10-5-6-22-11(10)12(17)19-4/h5-6,9,16H,7-8H2,1-4H3,(H,15,18). The van der Waals surface area contributed by atoms with Crippen LogP contribution < -0.4 is 10.1 Å². The second-order valence-electron chi connectivity index (χ2n) is 5.44. The van der Waals surface area contributed by atoms with Crippen LogP contribution in [0, 0.1) is 0 Å². The summed E-state index contributed by atoms with van der Waals surface area (Å²) in [7, 11) is 1.28. The van der Waals surface area contributed by atoms with Crippen LogP contribution in [0.1, 0.15) is 30.4 Å². The molecule has 0 radical (unpaired) electrons. The first-order chi connectivity index (χ1) is 10.3. The number of ether oxygens (including phenoxy) is 3. The molecule has 7 nitrogen and oxygen atoms in total. The van der Waals surface area contributed by atoms with Gasteiger partial charge in [0.05, 0.1) is 19.8 Å². The van der Waals surface area contributed by atoms with E-state index >= 15 is 0 Å². The van der Waals surface area contributed by atoms with Crippen LogP contribution in [-0.2, 0) is 9.47 Å². The van der Waals surface area contributed by atoms with Gasteiger partial charge in [0, 0.05) is 0 Å². The molecule has 0 spiro atoms. The molecule has 0 aliphatic heterocycles. The molecule has 1 unspecified atom stereocenters. The predicted molar refractivity (Wildman–Crippen MR) is 81.4 cm³/mol. The third-order valence-corrected chi connectivity index (χ3v) is 3.26. The van der Waals surface area contributed by atoms with Crippen molar-refractivity contribution in [2.24, 2.45) is 0 Å². The molecule has 0 bridgehead atoms. The van der Waals surface area contributed by atoms with Gasteiger partial charge in [-0.05, 0) is 32.2 Å². The molecule has 0 saturated heterocycles. The highest BCUT2D eigenvalue weighted by atomic mass is 32.1. The van der Waals surface area contributed by atoms with Crippen LogP contribution in [0.3, 0.4) is 0 Å². The predicted octanol–water partition coefficient (Wildman–Crippen LogP) is 1.80. The summed E-state index contributed by atoms with van der Waals surface area (Å²) in [6, 6.07) is 0.971. The molecule has 1 amide bonds. The van der Waals surface area contributed by atoms with Gasteiger partial charge in [0.2, 0.25) is 0 Å². The molecule has 0 aliphatic rings. The van der Waals surface area contributed by atoms with E-state index in [2.05, 4.69) is 10.1 Å². The summed E-state index contributed by atoms with van der Waals surface area (Å²) in [5.74, 6) is -0.146. The average molecular weight is 331 g/mol. The summed E-state index contributed by atoms with van der Waals surface area (Å²) in [6.07, 6.45) is -0.645. The first-order valence-corrected chi connectivity index (χ1v) is 7.53. The van der Waals surface area contributed by atoms with Gasteiger partial charge in [-0.1, -0.05) is 0 Å². The number of amides is 1. The van der Waals surface area contributed by atoms with Crippen LogP contribution in [0.2, 0.25) is 0 Å². The Hall–Kier alpha value is -1.80. The van der Waals surface area contributed by atoms with Crippen LogP contribution in [0.5, 0.6) is 5.75 Å². The number of carbonyl (C=O) groups is 2. The number of alkyl carbamates (subject to hydrolysis) is 1. The van der Waals surface area contributed by atoms with E-state index in [1.54, 1.807) is 32.2 Å². The third kappa shape index (κ3) is 5.90. The molecule has 1 heterocycles. The molecule has 124 valence electrons. The van der Waals surface area contributed by atoms with Gasteiger partial charge in [0.1, 0.15) is 18.0 Å². The van der Waals surface area contributed by atoms with Gasteiger partial charge in [-0.3, -0.25) is 0 Å². The minimum absolute atomic E-state index is 0.00350. The van der Waals surface area contributed by atoms with Crippen molar-refractivity contribution >= 4 is 23.4 Å². The van der Waals surface area contributed by atoms with Gasteiger partial charge in [-0.2, -0.15) is 0 Å². The van der Waals surface area contributed by atoms with E-state index in [0.717, 1.165) is 0 Å². The molecule has 1 atom stereocenters. The van der Waals surface area contributed by atoms with Crippen LogP contribution in [-0.4, -0.2) is 49.1 Å². The average Bonchev–Trinajstić information content (AvgIpc) is 2.88. The van der Waals surface area contributed by atoms with Gasteiger partial charge in [0.15, 0.2) is 4.88 Å². The smallest absolute Gasteiger partial charge is 0.408 e. The molecule has 0 saturated carbocycles. The number of hydrogen-bond donors (Lipinski definition) is 2. The first kappa shape index (κ1) is 18.2. The number of esters is 1. The largest absolute Gasteiger partial charge is 0.490 e. The number of carbonyl (C=O) groups excluding carboxylic acids is 2. The molecule has 1 aromatic heterocycles. The van der Waals surface area contributed by atoms with Crippen molar-refractivity contribution in [1.29, 1.82) is 0 Å². The lowest BCUT2D eigenvalue weighted by Crippen LogP contribution is -2.44. The summed E-state index contributed by atoms with van der Waals surface area (Å²) in [6.45, 7) is 4.90. The number of aliphatic hydroxyl groups is 1. The molecule has 1 rings (SSSR count). The monoisotopic (exact) mass is 331 g/mol. The van der Waals surface area contributed by atoms with E-state index < -0.39 is 23.7 Å². The second kappa shape index (κ2) is 8.00. The topological polar surface area (TPSA) is 94.1 Å². The zero-order valence-electron chi connectivity index (χ0n) is 13.0. The Morgan fingerprint density at radius 3 is 2.64 bits per heavy atom. The van der Waals surface area contributed by atoms with Crippen molar-refractivity contribution in [1.82, 2.24) is 5.32 Å². The summed E-state index contributed by atoms with van der Waals surface area (Å²) in [5, 5.41) is 13.5. The lowest BCUT2D eigenvalue weighted by Gasteiger charge is -2.22. The Bertz CT molecular complexity index is 508. The fourth-order valence-electron chi connectivity index (χ4n) is 1.46. The van der Waals surface area contributed by atoms with Crippen LogP contribution in [0.25, 0.3) is 0 Å². The fraction of sp³-hybridized carbons (Fsp3) is 0.571. The molecular formula is C14H21NO6S. The van der Waals surface area contributed by atoms with E-state index in [1.807, 2.05) is 0 Å². The van der Waals surface area contributed by atoms with E-state index in [4.69, 9.17) is 9.47 Å². The quantitative estimate of drug-likeness (QED) is 0.772. The van der Waals surface area contributed by atoms with E-state index in [-0.39, 0.29) is 13.2 Å². The Morgan fingerprint density at radius 2 is 2.09 bits per heavy atom. The van der Waals surface area contributed by atoms with Gasteiger partial charge < -0.3 is 24.6 Å². The maximum atomic E-state index is 11.6. The highest BCUT2D eigenvalue weighted by Gasteiger charge is 2.21. The minimum atomic E-state index is -0.653. The number of rotatable bonds is 6. The minimum Gasteiger partial charge on any atom is -0.490 e. The molecule has 1 aromatic rings. The van der Waals surface area contributed by atoms with Crippen molar-refractivity contribution in [2.45, 2.75) is 32.4 Å². The summed E-state index contributed by atoms with van der Waals surface area (Å²) in [4.78, 5) is 23.5. The normalized spacial score (nSPS) is 12.4. The highest BCUT2D eigenvalue weighted by Crippen LogP contribution is 2.25. The van der Waals surface area contributed by atoms with E-state index in [0.29, 0.717) is 10.6 Å². The number of aliphatic hydroxyl groups excluding tert-OH is 1. The van der Waals surface area contributed by atoms with Gasteiger partial charge in [-0.25, -0.2) is 9.59 Å². The Morgan fingerprint density at radius 1 is 1.41 bits per heavy atom. The van der Waals surface area contributed by atoms with E-state index in [1.165, 1.54) is 18.4 Å². The fourth-order valence-corrected chi connectivity index (χ4v) is 2.21. The zero-order chi connectivity index (χ0) is 16.8. The number of hydrogen-bond acceptors (Lipinski definition) is 7. The van der Waals surface area contributed by atoms with Crippen molar-refractivity contribution in [3.8, 4) is 5.75 Å². The highest BCUT2D eigenvalue weighted by molar-refractivity contribution is 7.12. The van der Waals surface area contributed by atoms with Crippen molar-refractivity contribution < 1.29 is 28.9 Å². The summed E-state index contributed by atoms with van der Waals surface area (Å²) >= 11 is 1.19. The van der Waals surface area contributed by atoms with Gasteiger partial charge in [-0.15, -0.1) is 11.3 Å². The molecular weight excluding hydrogens is 310 g/mol. The molecule has 2 N–H and O–H groups in total. The third-order valence-electron chi connectivity index (χ3n) is 2.38. The van der Waals surface area contributed by atoms with Crippen LogP contribution >= 0.6 is 11.3 Å². The zero-order valence-corrected chi connectivity index (χ0v) is 13.9. The lowest BCUT2D eigenvalue weighted by atomic mass is 10.2. The molecule has 0 fully saturated rings. The van der Waals surface area contributed by atoms with Crippen LogP contribution in [0.15, 0.2) is 11.4 Å². The maximum absolute atomic E-state index is 11.6. The van der Waals surface area contributed by atoms with Gasteiger partial charge in [0.25, 0.3) is 0 Å². The molecule has 0 aliphatic carbocycles. The van der Waals surface area contributed by atoms with Crippen molar-refractivity contribution in [2.75, 3.05) is 20.3 Å². The number of thiophene rings is 1.